The Kier molecular flexibility index (Phi) is 6.85. The van der Waals surface area contributed by atoms with Crippen LogP contribution in [0.1, 0.15) is 51.4 Å². The topological polar surface area (TPSA) is 75.3 Å². The normalized spacial score (nSPS) is 16.6. The van der Waals surface area contributed by atoms with E-state index in [0.29, 0.717) is 0 Å². The van der Waals surface area contributed by atoms with Crippen LogP contribution in [0.2, 0.25) is 0 Å². The van der Waals surface area contributed by atoms with Crippen molar-refractivity contribution in [3.63, 3.8) is 0 Å². The maximum Gasteiger partial charge on any atom is 0.240 e. The second kappa shape index (κ2) is 9.33. The highest BCUT2D eigenvalue weighted by molar-refractivity contribution is 7.89. The van der Waals surface area contributed by atoms with Gasteiger partial charge in [-0.1, -0.05) is 62.4 Å². The van der Waals surface area contributed by atoms with Gasteiger partial charge >= 0.3 is 0 Å². The van der Waals surface area contributed by atoms with Crippen molar-refractivity contribution in [1.82, 2.24) is 10.0 Å². The summed E-state index contributed by atoms with van der Waals surface area (Å²) < 4.78 is 27.5. The van der Waals surface area contributed by atoms with Gasteiger partial charge in [-0.15, -0.1) is 0 Å². The molecule has 6 heteroatoms. The first-order valence-electron chi connectivity index (χ1n) is 9.82. The lowest BCUT2D eigenvalue weighted by atomic mass is 9.96. The van der Waals surface area contributed by atoms with Gasteiger partial charge in [-0.05, 0) is 35.7 Å². The summed E-state index contributed by atoms with van der Waals surface area (Å²) in [5, 5.41) is 4.94. The van der Waals surface area contributed by atoms with Gasteiger partial charge in [0.15, 0.2) is 0 Å². The number of amides is 1. The fourth-order valence-electron chi connectivity index (χ4n) is 3.62. The number of hydrogen-bond acceptors (Lipinski definition) is 3. The van der Waals surface area contributed by atoms with Crippen molar-refractivity contribution in [1.29, 1.82) is 0 Å². The average molecular weight is 389 g/mol. The van der Waals surface area contributed by atoms with Gasteiger partial charge < -0.3 is 5.32 Å². The van der Waals surface area contributed by atoms with Gasteiger partial charge in [0.2, 0.25) is 15.9 Å². The lowest BCUT2D eigenvalue weighted by Crippen LogP contribution is -2.37. The van der Waals surface area contributed by atoms with Gasteiger partial charge in [-0.25, -0.2) is 13.1 Å². The smallest absolute Gasteiger partial charge is 0.240 e. The van der Waals surface area contributed by atoms with Crippen LogP contribution in [0, 0.1) is 0 Å². The van der Waals surface area contributed by atoms with E-state index in [9.17, 15) is 13.2 Å². The lowest BCUT2D eigenvalue weighted by Gasteiger charge is -2.21. The Hall–Kier alpha value is -1.92. The summed E-state index contributed by atoms with van der Waals surface area (Å²) >= 11 is 0. The van der Waals surface area contributed by atoms with Gasteiger partial charge in [0.05, 0.1) is 4.90 Å². The van der Waals surface area contributed by atoms with E-state index in [1.807, 2.05) is 24.3 Å². The standard InChI is InChI=1S/C21H28N2O3S/c24-21(23-19-10-4-2-1-3-5-11-19)14-15-22-27(25,26)20-13-12-17-8-6-7-9-18(17)16-20/h6-9,12-13,16,19,22H,1-5,10-11,14-15H2,(H,23,24). The number of nitrogens with one attached hydrogen (secondary N) is 2. The predicted octanol–water partition coefficient (Wildman–Crippen LogP) is 3.74. The Bertz CT molecular complexity index is 872. The summed E-state index contributed by atoms with van der Waals surface area (Å²) in [6.45, 7) is 0.105. The summed E-state index contributed by atoms with van der Waals surface area (Å²) in [4.78, 5) is 12.4. The molecule has 1 fully saturated rings. The second-order valence-corrected chi connectivity index (χ2v) is 9.03. The number of hydrogen-bond donors (Lipinski definition) is 2. The molecule has 1 aliphatic rings. The maximum atomic E-state index is 12.5. The van der Waals surface area contributed by atoms with Crippen molar-refractivity contribution in [2.75, 3.05) is 6.54 Å². The van der Waals surface area contributed by atoms with Crippen molar-refractivity contribution in [2.24, 2.45) is 0 Å². The first kappa shape index (κ1) is 19.8. The monoisotopic (exact) mass is 388 g/mol. The summed E-state index contributed by atoms with van der Waals surface area (Å²) in [5.74, 6) is -0.0817. The molecule has 0 spiro atoms. The van der Waals surface area contributed by atoms with E-state index in [0.717, 1.165) is 36.5 Å². The predicted molar refractivity (Wildman–Crippen MR) is 108 cm³/mol. The molecular weight excluding hydrogens is 360 g/mol. The van der Waals surface area contributed by atoms with Crippen LogP contribution >= 0.6 is 0 Å². The zero-order valence-corrected chi connectivity index (χ0v) is 16.4. The van der Waals surface area contributed by atoms with Crippen molar-refractivity contribution in [2.45, 2.75) is 62.3 Å². The second-order valence-electron chi connectivity index (χ2n) is 7.27. The molecule has 1 amide bonds. The number of sulfonamides is 1. The van der Waals surface area contributed by atoms with Crippen LogP contribution in [-0.4, -0.2) is 26.9 Å². The Labute approximate surface area is 161 Å². The molecular formula is C21H28N2O3S. The molecule has 1 aliphatic carbocycles. The molecule has 2 aromatic rings. The molecule has 0 radical (unpaired) electrons. The van der Waals surface area contributed by atoms with E-state index in [1.165, 1.54) is 19.3 Å². The van der Waals surface area contributed by atoms with E-state index >= 15 is 0 Å². The number of rotatable bonds is 6. The molecule has 5 nitrogen and oxygen atoms in total. The van der Waals surface area contributed by atoms with E-state index in [-0.39, 0.29) is 29.8 Å². The fourth-order valence-corrected chi connectivity index (χ4v) is 4.68. The molecule has 0 heterocycles. The molecule has 146 valence electrons. The van der Waals surface area contributed by atoms with E-state index in [4.69, 9.17) is 0 Å². The largest absolute Gasteiger partial charge is 0.353 e. The molecule has 0 unspecified atom stereocenters. The Morgan fingerprint density at radius 3 is 2.33 bits per heavy atom. The Morgan fingerprint density at radius 2 is 1.59 bits per heavy atom. The van der Waals surface area contributed by atoms with E-state index in [1.54, 1.807) is 18.2 Å². The zero-order valence-electron chi connectivity index (χ0n) is 15.6. The van der Waals surface area contributed by atoms with Crippen molar-refractivity contribution in [3.8, 4) is 0 Å². The van der Waals surface area contributed by atoms with Crippen LogP contribution in [0.5, 0.6) is 0 Å². The summed E-state index contributed by atoms with van der Waals surface area (Å²) in [6.07, 6.45) is 8.26. The minimum Gasteiger partial charge on any atom is -0.353 e. The molecule has 1 saturated carbocycles. The molecule has 0 atom stereocenters. The molecule has 2 aromatic carbocycles. The third-order valence-electron chi connectivity index (χ3n) is 5.15. The van der Waals surface area contributed by atoms with Gasteiger partial charge in [0.1, 0.15) is 0 Å². The minimum absolute atomic E-state index is 0.0817. The molecule has 27 heavy (non-hydrogen) atoms. The molecule has 0 aliphatic heterocycles. The highest BCUT2D eigenvalue weighted by atomic mass is 32.2. The van der Waals surface area contributed by atoms with Crippen LogP contribution in [0.25, 0.3) is 10.8 Å². The summed E-state index contributed by atoms with van der Waals surface area (Å²) in [6, 6.07) is 12.9. The Balaban J connectivity index is 1.51. The van der Waals surface area contributed by atoms with Crippen molar-refractivity contribution < 1.29 is 13.2 Å². The van der Waals surface area contributed by atoms with Crippen molar-refractivity contribution in [3.05, 3.63) is 42.5 Å². The third kappa shape index (κ3) is 5.78. The van der Waals surface area contributed by atoms with Gasteiger partial charge in [0.25, 0.3) is 0 Å². The highest BCUT2D eigenvalue weighted by Gasteiger charge is 2.17. The van der Waals surface area contributed by atoms with Crippen LogP contribution in [0.15, 0.2) is 47.4 Å². The van der Waals surface area contributed by atoms with Gasteiger partial charge in [0, 0.05) is 19.0 Å². The number of carbonyl (C=O) groups excluding carboxylic acids is 1. The van der Waals surface area contributed by atoms with Crippen LogP contribution in [0.3, 0.4) is 0 Å². The maximum absolute atomic E-state index is 12.5. The summed E-state index contributed by atoms with van der Waals surface area (Å²) in [5.41, 5.74) is 0. The quantitative estimate of drug-likeness (QED) is 0.792. The average Bonchev–Trinajstić information content (AvgIpc) is 2.63. The first-order chi connectivity index (χ1) is 13.0. The van der Waals surface area contributed by atoms with Crippen molar-refractivity contribution >= 4 is 26.7 Å². The highest BCUT2D eigenvalue weighted by Crippen LogP contribution is 2.19. The molecule has 0 saturated heterocycles. The van der Waals surface area contributed by atoms with E-state index in [2.05, 4.69) is 10.0 Å². The van der Waals surface area contributed by atoms with Crippen LogP contribution in [0.4, 0.5) is 0 Å². The van der Waals surface area contributed by atoms with Crippen LogP contribution in [-0.2, 0) is 14.8 Å². The Morgan fingerprint density at radius 1 is 0.926 bits per heavy atom. The molecule has 3 rings (SSSR count). The SMILES string of the molecule is O=C(CCNS(=O)(=O)c1ccc2ccccc2c1)NC1CCCCCCC1. The third-order valence-corrected chi connectivity index (χ3v) is 6.60. The molecule has 0 aromatic heterocycles. The van der Waals surface area contributed by atoms with Gasteiger partial charge in [-0.2, -0.15) is 0 Å². The molecule has 2 N–H and O–H groups in total. The van der Waals surface area contributed by atoms with E-state index < -0.39 is 10.0 Å². The van der Waals surface area contributed by atoms with Gasteiger partial charge in [-0.3, -0.25) is 4.79 Å². The van der Waals surface area contributed by atoms with Crippen LogP contribution < -0.4 is 10.0 Å². The molecule has 0 bridgehead atoms. The minimum atomic E-state index is -3.62. The lowest BCUT2D eigenvalue weighted by molar-refractivity contribution is -0.121. The number of benzene rings is 2. The number of carbonyl (C=O) groups is 1. The fraction of sp³-hybridized carbons (Fsp3) is 0.476. The first-order valence-corrected chi connectivity index (χ1v) is 11.3. The number of fused-ring (bicyclic) bond motifs is 1. The zero-order chi connectivity index (χ0) is 19.1. The summed E-state index contributed by atoms with van der Waals surface area (Å²) in [7, 11) is -3.62.